The highest BCUT2D eigenvalue weighted by molar-refractivity contribution is 6.19. The van der Waals surface area contributed by atoms with E-state index >= 15 is 0 Å². The van der Waals surface area contributed by atoms with Gasteiger partial charge in [0.15, 0.2) is 0 Å². The SMILES string of the molecule is Cc1ccc(-n2c3ccccc3c3cc4c5ccccc5n(-c5ccccc5)c4cc32)c2ccccc12. The van der Waals surface area contributed by atoms with Gasteiger partial charge in [-0.25, -0.2) is 0 Å². The maximum absolute atomic E-state index is 2.46. The van der Waals surface area contributed by atoms with Gasteiger partial charge in [-0.15, -0.1) is 0 Å². The number of rotatable bonds is 2. The third-order valence-electron chi connectivity index (χ3n) is 7.84. The van der Waals surface area contributed by atoms with E-state index in [-0.39, 0.29) is 0 Å². The number of hydrogen-bond acceptors (Lipinski definition) is 0. The van der Waals surface area contributed by atoms with Gasteiger partial charge >= 0.3 is 0 Å². The molecule has 2 nitrogen and oxygen atoms in total. The van der Waals surface area contributed by atoms with Crippen molar-refractivity contribution in [1.29, 1.82) is 0 Å². The molecule has 0 aliphatic rings. The molecule has 0 unspecified atom stereocenters. The monoisotopic (exact) mass is 472 g/mol. The van der Waals surface area contributed by atoms with E-state index in [1.54, 1.807) is 0 Å². The van der Waals surface area contributed by atoms with Crippen LogP contribution >= 0.6 is 0 Å². The van der Waals surface area contributed by atoms with Gasteiger partial charge in [0, 0.05) is 32.6 Å². The summed E-state index contributed by atoms with van der Waals surface area (Å²) in [6.45, 7) is 2.19. The van der Waals surface area contributed by atoms with Gasteiger partial charge in [-0.2, -0.15) is 0 Å². The Kier molecular flexibility index (Phi) is 4.18. The molecule has 174 valence electrons. The molecule has 2 aromatic heterocycles. The van der Waals surface area contributed by atoms with E-state index < -0.39 is 0 Å². The second-order valence-corrected chi connectivity index (χ2v) is 9.87. The van der Waals surface area contributed by atoms with Crippen LogP contribution in [0.4, 0.5) is 0 Å². The van der Waals surface area contributed by atoms with Crippen LogP contribution in [0.25, 0.3) is 65.8 Å². The highest BCUT2D eigenvalue weighted by Crippen LogP contribution is 2.40. The van der Waals surface area contributed by atoms with Crippen molar-refractivity contribution >= 4 is 54.4 Å². The summed E-state index contributed by atoms with van der Waals surface area (Å²) in [4.78, 5) is 0. The number of aryl methyl sites for hydroxylation is 1. The smallest absolute Gasteiger partial charge is 0.0562 e. The van der Waals surface area contributed by atoms with Crippen molar-refractivity contribution in [3.05, 3.63) is 133 Å². The van der Waals surface area contributed by atoms with E-state index in [1.165, 1.54) is 71.3 Å². The number of para-hydroxylation sites is 3. The minimum absolute atomic E-state index is 1.18. The van der Waals surface area contributed by atoms with E-state index in [9.17, 15) is 0 Å². The predicted octanol–water partition coefficient (Wildman–Crippen LogP) is 9.34. The molecule has 0 radical (unpaired) electrons. The maximum Gasteiger partial charge on any atom is 0.0562 e. The number of aromatic nitrogens is 2. The largest absolute Gasteiger partial charge is 0.309 e. The van der Waals surface area contributed by atoms with Crippen molar-refractivity contribution < 1.29 is 0 Å². The highest BCUT2D eigenvalue weighted by Gasteiger charge is 2.19. The first-order valence-corrected chi connectivity index (χ1v) is 12.8. The van der Waals surface area contributed by atoms with Crippen molar-refractivity contribution in [2.75, 3.05) is 0 Å². The van der Waals surface area contributed by atoms with Gasteiger partial charge in [-0.3, -0.25) is 0 Å². The van der Waals surface area contributed by atoms with Crippen LogP contribution in [0.3, 0.4) is 0 Å². The molecule has 37 heavy (non-hydrogen) atoms. The lowest BCUT2D eigenvalue weighted by molar-refractivity contribution is 1.17. The summed E-state index contributed by atoms with van der Waals surface area (Å²) < 4.78 is 4.86. The topological polar surface area (TPSA) is 9.86 Å². The van der Waals surface area contributed by atoms with Crippen molar-refractivity contribution in [2.24, 2.45) is 0 Å². The summed E-state index contributed by atoms with van der Waals surface area (Å²) in [5.41, 5.74) is 8.60. The Hall–Kier alpha value is -4.82. The van der Waals surface area contributed by atoms with Crippen molar-refractivity contribution in [3.63, 3.8) is 0 Å². The standard InChI is InChI=1S/C35H24N2/c1-23-19-20-33(26-14-6-5-13-25(23)26)37-32-18-10-8-16-28(32)30-21-29-27-15-7-9-17-31(27)36(34(29)22-35(30)37)24-11-3-2-4-12-24/h2-22H,1H3. The molecule has 0 saturated heterocycles. The van der Waals surface area contributed by atoms with Crippen LogP contribution < -0.4 is 0 Å². The van der Waals surface area contributed by atoms with Gasteiger partial charge in [-0.1, -0.05) is 84.9 Å². The molecule has 8 aromatic rings. The summed E-state index contributed by atoms with van der Waals surface area (Å²) in [6.07, 6.45) is 0. The maximum atomic E-state index is 2.46. The van der Waals surface area contributed by atoms with E-state index in [0.29, 0.717) is 0 Å². The Balaban J connectivity index is 1.59. The first-order valence-electron chi connectivity index (χ1n) is 12.8. The van der Waals surface area contributed by atoms with E-state index in [0.717, 1.165) is 0 Å². The molecule has 0 aliphatic carbocycles. The summed E-state index contributed by atoms with van der Waals surface area (Å²) in [5, 5.41) is 7.69. The molecule has 8 rings (SSSR count). The summed E-state index contributed by atoms with van der Waals surface area (Å²) in [7, 11) is 0. The predicted molar refractivity (Wildman–Crippen MR) is 157 cm³/mol. The first-order chi connectivity index (χ1) is 18.3. The van der Waals surface area contributed by atoms with Gasteiger partial charge in [0.25, 0.3) is 0 Å². The van der Waals surface area contributed by atoms with Crippen LogP contribution in [0.5, 0.6) is 0 Å². The number of fused-ring (bicyclic) bond motifs is 7. The quantitative estimate of drug-likeness (QED) is 0.237. The molecule has 0 saturated carbocycles. The normalized spacial score (nSPS) is 11.9. The lowest BCUT2D eigenvalue weighted by Gasteiger charge is -2.13. The lowest BCUT2D eigenvalue weighted by Crippen LogP contribution is -1.97. The zero-order chi connectivity index (χ0) is 24.5. The first kappa shape index (κ1) is 20.4. The van der Waals surface area contributed by atoms with Gasteiger partial charge < -0.3 is 9.13 Å². The average molecular weight is 473 g/mol. The van der Waals surface area contributed by atoms with Crippen LogP contribution in [-0.2, 0) is 0 Å². The zero-order valence-electron chi connectivity index (χ0n) is 20.5. The Morgan fingerprint density at radius 3 is 1.62 bits per heavy atom. The minimum atomic E-state index is 1.18. The van der Waals surface area contributed by atoms with E-state index in [1.807, 2.05) is 0 Å². The van der Waals surface area contributed by atoms with Crippen molar-refractivity contribution in [1.82, 2.24) is 9.13 Å². The molecule has 0 N–H and O–H groups in total. The molecule has 6 aromatic carbocycles. The fourth-order valence-corrected chi connectivity index (χ4v) is 6.17. The van der Waals surface area contributed by atoms with E-state index in [2.05, 4.69) is 143 Å². The minimum Gasteiger partial charge on any atom is -0.309 e. The molecular formula is C35H24N2. The van der Waals surface area contributed by atoms with Crippen LogP contribution in [-0.4, -0.2) is 9.13 Å². The number of nitrogens with zero attached hydrogens (tertiary/aromatic N) is 2. The third kappa shape index (κ3) is 2.81. The Bertz CT molecular complexity index is 2140. The highest BCUT2D eigenvalue weighted by atomic mass is 15.0. The molecular weight excluding hydrogens is 448 g/mol. The molecule has 0 atom stereocenters. The molecule has 0 amide bonds. The molecule has 0 aliphatic heterocycles. The molecule has 2 heteroatoms. The number of benzene rings is 6. The fraction of sp³-hybridized carbons (Fsp3) is 0.0286. The van der Waals surface area contributed by atoms with Crippen molar-refractivity contribution in [2.45, 2.75) is 6.92 Å². The second-order valence-electron chi connectivity index (χ2n) is 9.87. The Morgan fingerprint density at radius 2 is 0.919 bits per heavy atom. The van der Waals surface area contributed by atoms with Crippen LogP contribution in [0.1, 0.15) is 5.56 Å². The van der Waals surface area contributed by atoms with Crippen molar-refractivity contribution in [3.8, 4) is 11.4 Å². The second kappa shape index (κ2) is 7.59. The van der Waals surface area contributed by atoms with Gasteiger partial charge in [0.05, 0.1) is 27.8 Å². The molecule has 0 spiro atoms. The Morgan fingerprint density at radius 1 is 0.378 bits per heavy atom. The van der Waals surface area contributed by atoms with Gasteiger partial charge in [0.2, 0.25) is 0 Å². The van der Waals surface area contributed by atoms with Crippen LogP contribution in [0, 0.1) is 6.92 Å². The Labute approximate surface area is 214 Å². The summed E-state index contributed by atoms with van der Waals surface area (Å²) in [5.74, 6) is 0. The molecule has 2 heterocycles. The van der Waals surface area contributed by atoms with Gasteiger partial charge in [0.1, 0.15) is 0 Å². The molecule has 0 bridgehead atoms. The van der Waals surface area contributed by atoms with E-state index in [4.69, 9.17) is 0 Å². The summed E-state index contributed by atoms with van der Waals surface area (Å²) >= 11 is 0. The van der Waals surface area contributed by atoms with Crippen LogP contribution in [0.2, 0.25) is 0 Å². The third-order valence-corrected chi connectivity index (χ3v) is 7.84. The van der Waals surface area contributed by atoms with Gasteiger partial charge in [-0.05, 0) is 60.3 Å². The summed E-state index contributed by atoms with van der Waals surface area (Å²) in [6, 6.07) is 46.3. The molecule has 0 fully saturated rings. The number of hydrogen-bond donors (Lipinski definition) is 0. The average Bonchev–Trinajstić information content (AvgIpc) is 3.45. The fourth-order valence-electron chi connectivity index (χ4n) is 6.17. The lowest BCUT2D eigenvalue weighted by atomic mass is 10.0. The zero-order valence-corrected chi connectivity index (χ0v) is 20.5. The van der Waals surface area contributed by atoms with Crippen LogP contribution in [0.15, 0.2) is 127 Å².